The van der Waals surface area contributed by atoms with Crippen LogP contribution in [-0.4, -0.2) is 42.9 Å². The molecule has 2 fully saturated rings. The fraction of sp³-hybridized carbons (Fsp3) is 0.625. The molecular formula is C16H21NO3. The third kappa shape index (κ3) is 1.90. The minimum Gasteiger partial charge on any atom is -0.490 e. The SMILES string of the molecule is OC1(c2ccc3c(c2)OCCCO3)CCN2CCC1C2. The Balaban J connectivity index is 1.69. The molecule has 0 aromatic heterocycles. The van der Waals surface area contributed by atoms with Gasteiger partial charge < -0.3 is 19.5 Å². The first-order valence-corrected chi connectivity index (χ1v) is 7.60. The van der Waals surface area contributed by atoms with Crippen molar-refractivity contribution in [3.05, 3.63) is 23.8 Å². The Kier molecular flexibility index (Phi) is 2.89. The molecular weight excluding hydrogens is 254 g/mol. The van der Waals surface area contributed by atoms with Gasteiger partial charge in [-0.1, -0.05) is 6.07 Å². The maximum atomic E-state index is 11.2. The number of benzene rings is 1. The largest absolute Gasteiger partial charge is 0.490 e. The van der Waals surface area contributed by atoms with E-state index in [2.05, 4.69) is 4.90 Å². The molecule has 0 saturated carbocycles. The second-order valence-corrected chi connectivity index (χ2v) is 6.17. The molecule has 4 rings (SSSR count). The third-order valence-electron chi connectivity index (χ3n) is 5.00. The van der Waals surface area contributed by atoms with Gasteiger partial charge in [0, 0.05) is 25.4 Å². The first-order valence-electron chi connectivity index (χ1n) is 7.60. The van der Waals surface area contributed by atoms with Crippen molar-refractivity contribution in [2.45, 2.75) is 24.9 Å². The molecule has 20 heavy (non-hydrogen) atoms. The van der Waals surface area contributed by atoms with Crippen molar-refractivity contribution in [2.24, 2.45) is 5.92 Å². The standard InChI is InChI=1S/C16H21NO3/c18-16(5-7-17-6-4-13(16)11-17)12-2-3-14-15(10-12)20-9-1-8-19-14/h2-3,10,13,18H,1,4-9,11H2. The molecule has 4 nitrogen and oxygen atoms in total. The van der Waals surface area contributed by atoms with Crippen LogP contribution >= 0.6 is 0 Å². The maximum Gasteiger partial charge on any atom is 0.161 e. The van der Waals surface area contributed by atoms with Crippen molar-refractivity contribution in [2.75, 3.05) is 32.8 Å². The van der Waals surface area contributed by atoms with Crippen molar-refractivity contribution < 1.29 is 14.6 Å². The highest BCUT2D eigenvalue weighted by atomic mass is 16.5. The summed E-state index contributed by atoms with van der Waals surface area (Å²) in [6, 6.07) is 5.96. The van der Waals surface area contributed by atoms with Crippen LogP contribution in [0.5, 0.6) is 11.5 Å². The Morgan fingerprint density at radius 1 is 1.15 bits per heavy atom. The smallest absolute Gasteiger partial charge is 0.161 e. The van der Waals surface area contributed by atoms with Gasteiger partial charge in [-0.3, -0.25) is 0 Å². The van der Waals surface area contributed by atoms with Crippen LogP contribution < -0.4 is 9.47 Å². The summed E-state index contributed by atoms with van der Waals surface area (Å²) in [7, 11) is 0. The lowest BCUT2D eigenvalue weighted by atomic mass is 9.77. The quantitative estimate of drug-likeness (QED) is 0.848. The highest BCUT2D eigenvalue weighted by molar-refractivity contribution is 5.45. The van der Waals surface area contributed by atoms with Gasteiger partial charge in [-0.05, 0) is 37.1 Å². The zero-order valence-corrected chi connectivity index (χ0v) is 11.7. The number of nitrogens with zero attached hydrogens (tertiary/aromatic N) is 1. The van der Waals surface area contributed by atoms with Gasteiger partial charge in [0.05, 0.1) is 18.8 Å². The van der Waals surface area contributed by atoms with E-state index in [1.807, 2.05) is 18.2 Å². The maximum absolute atomic E-state index is 11.2. The number of hydrogen-bond acceptors (Lipinski definition) is 4. The van der Waals surface area contributed by atoms with E-state index in [4.69, 9.17) is 9.47 Å². The third-order valence-corrected chi connectivity index (χ3v) is 5.00. The van der Waals surface area contributed by atoms with Crippen LogP contribution in [0.25, 0.3) is 0 Å². The molecule has 0 radical (unpaired) electrons. The van der Waals surface area contributed by atoms with Crippen LogP contribution in [0.1, 0.15) is 24.8 Å². The Labute approximate surface area is 119 Å². The fourth-order valence-electron chi connectivity index (χ4n) is 3.77. The molecule has 0 amide bonds. The lowest BCUT2D eigenvalue weighted by Gasteiger charge is -2.39. The van der Waals surface area contributed by atoms with E-state index in [-0.39, 0.29) is 0 Å². The van der Waals surface area contributed by atoms with E-state index in [0.29, 0.717) is 19.1 Å². The predicted molar refractivity (Wildman–Crippen MR) is 75.1 cm³/mol. The average molecular weight is 275 g/mol. The molecule has 2 bridgehead atoms. The monoisotopic (exact) mass is 275 g/mol. The molecule has 2 saturated heterocycles. The number of fused-ring (bicyclic) bond motifs is 3. The van der Waals surface area contributed by atoms with E-state index < -0.39 is 5.60 Å². The van der Waals surface area contributed by atoms with Gasteiger partial charge in [0.15, 0.2) is 11.5 Å². The van der Waals surface area contributed by atoms with Crippen molar-refractivity contribution >= 4 is 0 Å². The number of ether oxygens (including phenoxy) is 2. The predicted octanol–water partition coefficient (Wildman–Crippen LogP) is 1.76. The topological polar surface area (TPSA) is 41.9 Å². The molecule has 108 valence electrons. The molecule has 3 atom stereocenters. The van der Waals surface area contributed by atoms with Gasteiger partial charge in [-0.25, -0.2) is 0 Å². The minimum absolute atomic E-state index is 0.348. The van der Waals surface area contributed by atoms with Crippen molar-refractivity contribution in [1.29, 1.82) is 0 Å². The zero-order valence-electron chi connectivity index (χ0n) is 11.7. The van der Waals surface area contributed by atoms with Crippen molar-refractivity contribution in [3.8, 4) is 11.5 Å². The number of aliphatic hydroxyl groups is 1. The van der Waals surface area contributed by atoms with E-state index in [1.54, 1.807) is 0 Å². The number of piperidine rings is 1. The van der Waals surface area contributed by atoms with Gasteiger partial charge in [0.2, 0.25) is 0 Å². The molecule has 1 aromatic carbocycles. The average Bonchev–Trinajstić information content (AvgIpc) is 2.74. The minimum atomic E-state index is -0.697. The highest BCUT2D eigenvalue weighted by Crippen LogP contribution is 2.44. The first-order chi connectivity index (χ1) is 9.75. The molecule has 4 heteroatoms. The van der Waals surface area contributed by atoms with Gasteiger partial charge in [0.1, 0.15) is 0 Å². The Hall–Kier alpha value is -1.26. The summed E-state index contributed by atoms with van der Waals surface area (Å²) in [6.45, 7) is 4.52. The van der Waals surface area contributed by atoms with Crippen LogP contribution in [0, 0.1) is 5.92 Å². The first kappa shape index (κ1) is 12.5. The van der Waals surface area contributed by atoms with Crippen LogP contribution in [0.2, 0.25) is 0 Å². The second kappa shape index (κ2) is 4.64. The molecule has 3 unspecified atom stereocenters. The van der Waals surface area contributed by atoms with E-state index in [0.717, 1.165) is 56.0 Å². The Bertz CT molecular complexity index is 518. The van der Waals surface area contributed by atoms with E-state index >= 15 is 0 Å². The summed E-state index contributed by atoms with van der Waals surface area (Å²) >= 11 is 0. The van der Waals surface area contributed by atoms with Crippen molar-refractivity contribution in [3.63, 3.8) is 0 Å². The Morgan fingerprint density at radius 3 is 2.90 bits per heavy atom. The summed E-state index contributed by atoms with van der Waals surface area (Å²) in [5.74, 6) is 1.94. The van der Waals surface area contributed by atoms with Crippen LogP contribution in [0.15, 0.2) is 18.2 Å². The second-order valence-electron chi connectivity index (χ2n) is 6.17. The Morgan fingerprint density at radius 2 is 2.00 bits per heavy atom. The number of rotatable bonds is 1. The molecule has 1 N–H and O–H groups in total. The summed E-state index contributed by atoms with van der Waals surface area (Å²) in [4.78, 5) is 2.45. The lowest BCUT2D eigenvalue weighted by Crippen LogP contribution is -2.44. The van der Waals surface area contributed by atoms with Crippen LogP contribution in [-0.2, 0) is 5.60 Å². The molecule has 3 aliphatic rings. The van der Waals surface area contributed by atoms with Gasteiger partial charge in [0.25, 0.3) is 0 Å². The van der Waals surface area contributed by atoms with Crippen LogP contribution in [0.4, 0.5) is 0 Å². The molecule has 0 aliphatic carbocycles. The summed E-state index contributed by atoms with van der Waals surface area (Å²) < 4.78 is 11.4. The lowest BCUT2D eigenvalue weighted by molar-refractivity contribution is -0.0503. The summed E-state index contributed by atoms with van der Waals surface area (Å²) in [6.07, 6.45) is 2.81. The normalized spacial score (nSPS) is 35.6. The van der Waals surface area contributed by atoms with Gasteiger partial charge >= 0.3 is 0 Å². The molecule has 3 heterocycles. The summed E-state index contributed by atoms with van der Waals surface area (Å²) in [5, 5.41) is 11.2. The number of hydrogen-bond donors (Lipinski definition) is 1. The van der Waals surface area contributed by atoms with E-state index in [9.17, 15) is 5.11 Å². The molecule has 0 spiro atoms. The zero-order chi connectivity index (χ0) is 13.6. The van der Waals surface area contributed by atoms with E-state index in [1.165, 1.54) is 0 Å². The summed E-state index contributed by atoms with van der Waals surface area (Å²) in [5.41, 5.74) is 0.297. The molecule has 3 aliphatic heterocycles. The van der Waals surface area contributed by atoms with Crippen LogP contribution in [0.3, 0.4) is 0 Å². The highest BCUT2D eigenvalue weighted by Gasteiger charge is 2.46. The molecule has 1 aromatic rings. The fourth-order valence-corrected chi connectivity index (χ4v) is 3.77. The van der Waals surface area contributed by atoms with Gasteiger partial charge in [-0.15, -0.1) is 0 Å². The van der Waals surface area contributed by atoms with Gasteiger partial charge in [-0.2, -0.15) is 0 Å². The van der Waals surface area contributed by atoms with Crippen molar-refractivity contribution in [1.82, 2.24) is 4.90 Å².